The molecule has 0 radical (unpaired) electrons. The van der Waals surface area contributed by atoms with Crippen molar-refractivity contribution in [2.24, 2.45) is 5.92 Å². The first-order valence-electron chi connectivity index (χ1n) is 8.13. The molecule has 3 heterocycles. The Morgan fingerprint density at radius 3 is 2.80 bits per heavy atom. The van der Waals surface area contributed by atoms with Gasteiger partial charge in [0.2, 0.25) is 10.0 Å². The number of para-hydroxylation sites is 1. The van der Waals surface area contributed by atoms with Crippen LogP contribution in [0.4, 0.5) is 0 Å². The average Bonchev–Trinajstić information content (AvgIpc) is 3.30. The molecule has 2 aromatic rings. The van der Waals surface area contributed by atoms with Gasteiger partial charge in [-0.05, 0) is 34.5 Å². The molecule has 0 amide bonds. The molecule has 25 heavy (non-hydrogen) atoms. The number of sulfonamides is 1. The maximum atomic E-state index is 13.2. The van der Waals surface area contributed by atoms with Crippen LogP contribution in [0.5, 0.6) is 11.5 Å². The summed E-state index contributed by atoms with van der Waals surface area (Å²) in [7, 11) is -3.73. The van der Waals surface area contributed by atoms with Crippen molar-refractivity contribution in [3.8, 4) is 11.5 Å². The lowest BCUT2D eigenvalue weighted by atomic mass is 9.92. The maximum Gasteiger partial charge on any atom is 0.246 e. The number of hydrogen-bond donors (Lipinski definition) is 1. The summed E-state index contributed by atoms with van der Waals surface area (Å²) in [6.07, 6.45) is 0. The zero-order chi connectivity index (χ0) is 17.4. The Hall–Kier alpha value is -1.61. The molecule has 2 atom stereocenters. The fourth-order valence-corrected chi connectivity index (χ4v) is 5.86. The number of hydrogen-bond acceptors (Lipinski definition) is 6. The van der Waals surface area contributed by atoms with Crippen LogP contribution in [0.2, 0.25) is 0 Å². The topological polar surface area (TPSA) is 76.1 Å². The molecule has 0 aliphatic carbocycles. The van der Waals surface area contributed by atoms with Gasteiger partial charge in [-0.15, -0.1) is 0 Å². The Labute approximate surface area is 150 Å². The molecule has 0 bridgehead atoms. The first kappa shape index (κ1) is 16.8. The summed E-state index contributed by atoms with van der Waals surface area (Å²) < 4.78 is 38.9. The summed E-state index contributed by atoms with van der Waals surface area (Å²) in [5, 5.41) is 13.7. The zero-order valence-electron chi connectivity index (χ0n) is 13.5. The summed E-state index contributed by atoms with van der Waals surface area (Å²) in [5.74, 6) is 0.636. The van der Waals surface area contributed by atoms with E-state index in [4.69, 9.17) is 9.47 Å². The van der Waals surface area contributed by atoms with Crippen molar-refractivity contribution in [2.45, 2.75) is 10.8 Å². The van der Waals surface area contributed by atoms with E-state index < -0.39 is 10.0 Å². The van der Waals surface area contributed by atoms with Crippen LogP contribution in [-0.2, 0) is 10.0 Å². The van der Waals surface area contributed by atoms with Gasteiger partial charge < -0.3 is 14.6 Å². The normalized spacial score (nSPS) is 23.7. The van der Waals surface area contributed by atoms with Crippen LogP contribution in [0.1, 0.15) is 11.5 Å². The monoisotopic (exact) mass is 381 g/mol. The molecule has 1 fully saturated rings. The smallest absolute Gasteiger partial charge is 0.246 e. The van der Waals surface area contributed by atoms with Gasteiger partial charge in [0.05, 0.1) is 0 Å². The van der Waals surface area contributed by atoms with Crippen LogP contribution in [-0.4, -0.2) is 50.7 Å². The molecule has 1 aromatic heterocycles. The molecule has 0 saturated carbocycles. The molecule has 2 aliphatic heterocycles. The minimum atomic E-state index is -3.73. The van der Waals surface area contributed by atoms with Gasteiger partial charge in [-0.25, -0.2) is 8.42 Å². The standard InChI is InChI=1S/C17H19NO5S2/c19-10-13-8-18(9-14(13)12-4-7-24-11-12)25(20,21)16-3-1-2-15-17(16)23-6-5-22-15/h1-4,7,11,13-14,19H,5-6,8-10H2/t13-,14+/m0/s1. The molecule has 2 aliphatic rings. The van der Waals surface area contributed by atoms with Crippen molar-refractivity contribution in [2.75, 3.05) is 32.9 Å². The van der Waals surface area contributed by atoms with E-state index in [1.54, 1.807) is 29.5 Å². The first-order valence-corrected chi connectivity index (χ1v) is 10.5. The van der Waals surface area contributed by atoms with E-state index in [1.807, 2.05) is 16.8 Å². The first-order chi connectivity index (χ1) is 12.1. The van der Waals surface area contributed by atoms with Gasteiger partial charge in [-0.1, -0.05) is 6.07 Å². The molecule has 4 rings (SSSR count). The quantitative estimate of drug-likeness (QED) is 0.876. The highest BCUT2D eigenvalue weighted by atomic mass is 32.2. The van der Waals surface area contributed by atoms with Crippen LogP contribution in [0.3, 0.4) is 0 Å². The number of aliphatic hydroxyl groups excluding tert-OH is 1. The van der Waals surface area contributed by atoms with Gasteiger partial charge in [0, 0.05) is 31.5 Å². The lowest BCUT2D eigenvalue weighted by Gasteiger charge is -2.23. The number of rotatable bonds is 4. The van der Waals surface area contributed by atoms with Crippen molar-refractivity contribution in [1.29, 1.82) is 0 Å². The minimum Gasteiger partial charge on any atom is -0.486 e. The Balaban J connectivity index is 1.68. The van der Waals surface area contributed by atoms with E-state index in [0.29, 0.717) is 32.1 Å². The molecule has 8 heteroatoms. The molecular weight excluding hydrogens is 362 g/mol. The summed E-state index contributed by atoms with van der Waals surface area (Å²) in [4.78, 5) is 0.132. The van der Waals surface area contributed by atoms with E-state index in [-0.39, 0.29) is 29.1 Å². The fraction of sp³-hybridized carbons (Fsp3) is 0.412. The van der Waals surface area contributed by atoms with Gasteiger partial charge in [-0.3, -0.25) is 0 Å². The number of fused-ring (bicyclic) bond motifs is 1. The van der Waals surface area contributed by atoms with Crippen LogP contribution >= 0.6 is 11.3 Å². The Morgan fingerprint density at radius 2 is 2.04 bits per heavy atom. The van der Waals surface area contributed by atoms with Crippen LogP contribution in [0, 0.1) is 5.92 Å². The van der Waals surface area contributed by atoms with E-state index in [2.05, 4.69) is 0 Å². The third-order valence-corrected chi connectivity index (χ3v) is 7.32. The Morgan fingerprint density at radius 1 is 1.20 bits per heavy atom. The van der Waals surface area contributed by atoms with E-state index in [0.717, 1.165) is 5.56 Å². The summed E-state index contributed by atoms with van der Waals surface area (Å²) >= 11 is 1.58. The molecule has 0 unspecified atom stereocenters. The summed E-state index contributed by atoms with van der Waals surface area (Å²) in [5.41, 5.74) is 1.08. The van der Waals surface area contributed by atoms with E-state index in [1.165, 1.54) is 4.31 Å². The molecule has 0 spiro atoms. The minimum absolute atomic E-state index is 0.00253. The second-order valence-electron chi connectivity index (χ2n) is 6.21. The zero-order valence-corrected chi connectivity index (χ0v) is 15.1. The third-order valence-electron chi connectivity index (χ3n) is 4.76. The van der Waals surface area contributed by atoms with Gasteiger partial charge in [0.25, 0.3) is 0 Å². The molecule has 134 valence electrons. The molecule has 1 saturated heterocycles. The number of benzene rings is 1. The number of nitrogens with zero attached hydrogens (tertiary/aromatic N) is 1. The highest BCUT2D eigenvalue weighted by Crippen LogP contribution is 2.41. The number of ether oxygens (including phenoxy) is 2. The molecule has 6 nitrogen and oxygen atoms in total. The molecule has 1 N–H and O–H groups in total. The third kappa shape index (κ3) is 2.93. The Bertz CT molecular complexity index is 850. The summed E-state index contributed by atoms with van der Waals surface area (Å²) in [6.45, 7) is 1.35. The SMILES string of the molecule is O=S(=O)(c1cccc2c1OCCO2)N1C[C@@H](CO)[C@@H](c2ccsc2)C1. The van der Waals surface area contributed by atoms with Crippen LogP contribution in [0.15, 0.2) is 39.9 Å². The van der Waals surface area contributed by atoms with Crippen LogP contribution < -0.4 is 9.47 Å². The van der Waals surface area contributed by atoms with Crippen LogP contribution in [0.25, 0.3) is 0 Å². The average molecular weight is 381 g/mol. The van der Waals surface area contributed by atoms with Gasteiger partial charge >= 0.3 is 0 Å². The molecular formula is C17H19NO5S2. The number of aliphatic hydroxyl groups is 1. The van der Waals surface area contributed by atoms with Crippen molar-refractivity contribution in [3.63, 3.8) is 0 Å². The fourth-order valence-electron chi connectivity index (χ4n) is 3.47. The highest BCUT2D eigenvalue weighted by molar-refractivity contribution is 7.89. The predicted octanol–water partition coefficient (Wildman–Crippen LogP) is 1.92. The second kappa shape index (κ2) is 6.60. The van der Waals surface area contributed by atoms with Crippen molar-refractivity contribution < 1.29 is 23.0 Å². The lowest BCUT2D eigenvalue weighted by Crippen LogP contribution is -2.30. The van der Waals surface area contributed by atoms with Gasteiger partial charge in [-0.2, -0.15) is 15.6 Å². The van der Waals surface area contributed by atoms with E-state index >= 15 is 0 Å². The predicted molar refractivity (Wildman–Crippen MR) is 93.8 cm³/mol. The second-order valence-corrected chi connectivity index (χ2v) is 8.89. The number of thiophene rings is 1. The Kier molecular flexibility index (Phi) is 4.45. The lowest BCUT2D eigenvalue weighted by molar-refractivity contribution is 0.166. The molecule has 1 aromatic carbocycles. The van der Waals surface area contributed by atoms with Gasteiger partial charge in [0.1, 0.15) is 18.1 Å². The summed E-state index contributed by atoms with van der Waals surface area (Å²) in [6, 6.07) is 6.92. The largest absolute Gasteiger partial charge is 0.486 e. The maximum absolute atomic E-state index is 13.2. The highest BCUT2D eigenvalue weighted by Gasteiger charge is 2.41. The van der Waals surface area contributed by atoms with Gasteiger partial charge in [0.15, 0.2) is 11.5 Å². The van der Waals surface area contributed by atoms with Crippen molar-refractivity contribution >= 4 is 21.4 Å². The van der Waals surface area contributed by atoms with Crippen molar-refractivity contribution in [3.05, 3.63) is 40.6 Å². The van der Waals surface area contributed by atoms with Crippen molar-refractivity contribution in [1.82, 2.24) is 4.31 Å². The van der Waals surface area contributed by atoms with E-state index in [9.17, 15) is 13.5 Å².